The minimum absolute atomic E-state index is 0.0702. The van der Waals surface area contributed by atoms with Crippen LogP contribution in [0.1, 0.15) is 38.2 Å². The molecule has 0 aromatic heterocycles. The number of nitrogens with one attached hydrogen (secondary N) is 1. The lowest BCUT2D eigenvalue weighted by Crippen LogP contribution is -2.29. The summed E-state index contributed by atoms with van der Waals surface area (Å²) in [7, 11) is 0. The Bertz CT molecular complexity index is 384. The van der Waals surface area contributed by atoms with E-state index >= 15 is 0 Å². The van der Waals surface area contributed by atoms with Crippen LogP contribution in [0.15, 0.2) is 24.3 Å². The third kappa shape index (κ3) is 6.57. The summed E-state index contributed by atoms with van der Waals surface area (Å²) in [5.41, 5.74) is 7.48. The molecule has 20 heavy (non-hydrogen) atoms. The number of rotatable bonds is 9. The molecular weight excluding hydrogens is 252 g/mol. The van der Waals surface area contributed by atoms with Crippen molar-refractivity contribution < 1.29 is 9.90 Å². The van der Waals surface area contributed by atoms with Gasteiger partial charge in [0.1, 0.15) is 0 Å². The van der Waals surface area contributed by atoms with Crippen molar-refractivity contribution in [2.45, 2.75) is 39.0 Å². The number of hydrogen-bond donors (Lipinski definition) is 3. The number of benzene rings is 1. The van der Waals surface area contributed by atoms with Gasteiger partial charge in [-0.25, -0.2) is 0 Å². The van der Waals surface area contributed by atoms with E-state index in [1.807, 2.05) is 24.3 Å². The van der Waals surface area contributed by atoms with Crippen molar-refractivity contribution in [2.24, 2.45) is 5.92 Å². The number of nitrogen functional groups attached to an aromatic ring is 1. The van der Waals surface area contributed by atoms with Crippen molar-refractivity contribution in [1.82, 2.24) is 5.32 Å². The molecule has 0 heterocycles. The highest BCUT2D eigenvalue weighted by Crippen LogP contribution is 2.10. The van der Waals surface area contributed by atoms with E-state index in [9.17, 15) is 4.79 Å². The van der Waals surface area contributed by atoms with Crippen LogP contribution in [-0.2, 0) is 11.2 Å². The molecule has 1 atom stereocenters. The topological polar surface area (TPSA) is 75.3 Å². The van der Waals surface area contributed by atoms with E-state index in [0.29, 0.717) is 18.9 Å². The van der Waals surface area contributed by atoms with E-state index in [1.54, 1.807) is 0 Å². The second-order valence-corrected chi connectivity index (χ2v) is 5.21. The first-order valence-corrected chi connectivity index (χ1v) is 7.37. The summed E-state index contributed by atoms with van der Waals surface area (Å²) in [6, 6.07) is 7.61. The van der Waals surface area contributed by atoms with Gasteiger partial charge in [-0.2, -0.15) is 0 Å². The van der Waals surface area contributed by atoms with Crippen LogP contribution in [0.3, 0.4) is 0 Å². The number of carbonyl (C=O) groups excluding carboxylic acids is 1. The Morgan fingerprint density at radius 1 is 1.30 bits per heavy atom. The van der Waals surface area contributed by atoms with Gasteiger partial charge in [-0.05, 0) is 42.9 Å². The number of aryl methyl sites for hydroxylation is 1. The monoisotopic (exact) mass is 278 g/mol. The number of aliphatic hydroxyl groups excluding tert-OH is 1. The van der Waals surface area contributed by atoms with Crippen molar-refractivity contribution in [1.29, 1.82) is 0 Å². The fourth-order valence-electron chi connectivity index (χ4n) is 2.23. The average molecular weight is 278 g/mol. The SMILES string of the molecule is CCCC(CCO)CNC(=O)CCc1ccc(N)cc1. The molecule has 1 aromatic carbocycles. The maximum absolute atomic E-state index is 11.8. The molecule has 112 valence electrons. The number of anilines is 1. The minimum Gasteiger partial charge on any atom is -0.399 e. The summed E-state index contributed by atoms with van der Waals surface area (Å²) in [4.78, 5) is 11.8. The van der Waals surface area contributed by atoms with Gasteiger partial charge in [-0.1, -0.05) is 25.5 Å². The zero-order valence-electron chi connectivity index (χ0n) is 12.3. The van der Waals surface area contributed by atoms with E-state index in [2.05, 4.69) is 12.2 Å². The molecule has 0 radical (unpaired) electrons. The maximum atomic E-state index is 11.8. The van der Waals surface area contributed by atoms with Crippen LogP contribution in [-0.4, -0.2) is 24.2 Å². The molecule has 0 fully saturated rings. The minimum atomic E-state index is 0.0702. The van der Waals surface area contributed by atoms with E-state index in [1.165, 1.54) is 0 Å². The van der Waals surface area contributed by atoms with Crippen LogP contribution >= 0.6 is 0 Å². The van der Waals surface area contributed by atoms with Crippen molar-refractivity contribution >= 4 is 11.6 Å². The van der Waals surface area contributed by atoms with Crippen LogP contribution in [0, 0.1) is 5.92 Å². The van der Waals surface area contributed by atoms with Crippen LogP contribution in [0.4, 0.5) is 5.69 Å². The summed E-state index contributed by atoms with van der Waals surface area (Å²) >= 11 is 0. The number of amides is 1. The quantitative estimate of drug-likeness (QED) is 0.606. The standard InChI is InChI=1S/C16H26N2O2/c1-2-3-14(10-11-19)12-18-16(20)9-6-13-4-7-15(17)8-5-13/h4-5,7-8,14,19H,2-3,6,9-12,17H2,1H3,(H,18,20). The van der Waals surface area contributed by atoms with Crippen LogP contribution in [0.2, 0.25) is 0 Å². The molecule has 0 saturated carbocycles. The molecule has 1 unspecified atom stereocenters. The van der Waals surface area contributed by atoms with E-state index in [0.717, 1.165) is 36.9 Å². The van der Waals surface area contributed by atoms with Crippen LogP contribution in [0.25, 0.3) is 0 Å². The summed E-state index contributed by atoms with van der Waals surface area (Å²) in [6.07, 6.45) is 4.09. The van der Waals surface area contributed by atoms with Gasteiger partial charge in [0, 0.05) is 25.3 Å². The lowest BCUT2D eigenvalue weighted by Gasteiger charge is -2.15. The predicted octanol–water partition coefficient (Wildman–Crippen LogP) is 2.12. The molecule has 0 aliphatic rings. The zero-order valence-corrected chi connectivity index (χ0v) is 12.3. The van der Waals surface area contributed by atoms with Crippen molar-refractivity contribution in [3.05, 3.63) is 29.8 Å². The first-order chi connectivity index (χ1) is 9.65. The number of hydrogen-bond acceptors (Lipinski definition) is 3. The predicted molar refractivity (Wildman–Crippen MR) is 82.3 cm³/mol. The Labute approximate surface area is 121 Å². The van der Waals surface area contributed by atoms with E-state index in [4.69, 9.17) is 10.8 Å². The molecule has 0 aliphatic carbocycles. The number of aliphatic hydroxyl groups is 1. The highest BCUT2D eigenvalue weighted by Gasteiger charge is 2.09. The third-order valence-corrected chi connectivity index (χ3v) is 3.44. The summed E-state index contributed by atoms with van der Waals surface area (Å²) < 4.78 is 0. The summed E-state index contributed by atoms with van der Waals surface area (Å²) in [6.45, 7) is 2.97. The highest BCUT2D eigenvalue weighted by atomic mass is 16.3. The Morgan fingerprint density at radius 2 is 2.00 bits per heavy atom. The molecule has 1 aromatic rings. The zero-order chi connectivity index (χ0) is 14.8. The van der Waals surface area contributed by atoms with E-state index in [-0.39, 0.29) is 12.5 Å². The van der Waals surface area contributed by atoms with Gasteiger partial charge in [0.25, 0.3) is 0 Å². The highest BCUT2D eigenvalue weighted by molar-refractivity contribution is 5.76. The van der Waals surface area contributed by atoms with Gasteiger partial charge >= 0.3 is 0 Å². The Kier molecular flexibility index (Phi) is 7.73. The van der Waals surface area contributed by atoms with E-state index < -0.39 is 0 Å². The third-order valence-electron chi connectivity index (χ3n) is 3.44. The first kappa shape index (κ1) is 16.5. The summed E-state index contributed by atoms with van der Waals surface area (Å²) in [5, 5.41) is 11.9. The van der Waals surface area contributed by atoms with Gasteiger partial charge in [0.15, 0.2) is 0 Å². The van der Waals surface area contributed by atoms with Gasteiger partial charge in [0.05, 0.1) is 0 Å². The molecule has 4 nitrogen and oxygen atoms in total. The molecule has 0 saturated heterocycles. The number of carbonyl (C=O) groups is 1. The molecular formula is C16H26N2O2. The van der Waals surface area contributed by atoms with Crippen molar-refractivity contribution in [3.8, 4) is 0 Å². The van der Waals surface area contributed by atoms with Gasteiger partial charge in [0.2, 0.25) is 5.91 Å². The Hall–Kier alpha value is -1.55. The fourth-order valence-corrected chi connectivity index (χ4v) is 2.23. The molecule has 0 spiro atoms. The maximum Gasteiger partial charge on any atom is 0.220 e. The van der Waals surface area contributed by atoms with Crippen LogP contribution < -0.4 is 11.1 Å². The molecule has 1 amide bonds. The van der Waals surface area contributed by atoms with Gasteiger partial charge in [-0.15, -0.1) is 0 Å². The Balaban J connectivity index is 2.27. The lowest BCUT2D eigenvalue weighted by atomic mass is 10.00. The molecule has 4 heteroatoms. The van der Waals surface area contributed by atoms with Crippen LogP contribution in [0.5, 0.6) is 0 Å². The number of nitrogens with two attached hydrogens (primary N) is 1. The second kappa shape index (κ2) is 9.37. The van der Waals surface area contributed by atoms with Crippen molar-refractivity contribution in [2.75, 3.05) is 18.9 Å². The molecule has 4 N–H and O–H groups in total. The second-order valence-electron chi connectivity index (χ2n) is 5.21. The Morgan fingerprint density at radius 3 is 2.60 bits per heavy atom. The van der Waals surface area contributed by atoms with Gasteiger partial charge < -0.3 is 16.2 Å². The van der Waals surface area contributed by atoms with Crippen molar-refractivity contribution in [3.63, 3.8) is 0 Å². The molecule has 0 bridgehead atoms. The normalized spacial score (nSPS) is 12.1. The first-order valence-electron chi connectivity index (χ1n) is 7.37. The van der Waals surface area contributed by atoms with Gasteiger partial charge in [-0.3, -0.25) is 4.79 Å². The fraction of sp³-hybridized carbons (Fsp3) is 0.562. The molecule has 1 rings (SSSR count). The molecule has 0 aliphatic heterocycles. The summed E-state index contributed by atoms with van der Waals surface area (Å²) in [5.74, 6) is 0.450. The average Bonchev–Trinajstić information content (AvgIpc) is 2.44. The smallest absolute Gasteiger partial charge is 0.220 e. The largest absolute Gasteiger partial charge is 0.399 e. The lowest BCUT2D eigenvalue weighted by molar-refractivity contribution is -0.121.